The van der Waals surface area contributed by atoms with E-state index in [0.717, 1.165) is 12.1 Å². The summed E-state index contributed by atoms with van der Waals surface area (Å²) < 4.78 is 38.1. The molecule has 1 aromatic carbocycles. The van der Waals surface area contributed by atoms with Crippen LogP contribution in [0.3, 0.4) is 0 Å². The van der Waals surface area contributed by atoms with Crippen LogP contribution in [-0.4, -0.2) is 25.5 Å². The van der Waals surface area contributed by atoms with E-state index in [0.29, 0.717) is 24.3 Å². The van der Waals surface area contributed by atoms with Gasteiger partial charge in [-0.25, -0.2) is 0 Å². The average molecular weight is 303 g/mol. The fourth-order valence-corrected chi connectivity index (χ4v) is 2.03. The quantitative estimate of drug-likeness (QED) is 0.846. The summed E-state index contributed by atoms with van der Waals surface area (Å²) in [6, 6.07) is 3.42. The van der Waals surface area contributed by atoms with Crippen LogP contribution < -0.4 is 16.0 Å². The molecule has 0 aliphatic carbocycles. The standard InChI is InChI=1S/C14H20F3N3O/c1-3-19-13(21)9-20(4-2)12-6-5-11(14(15,16)17)7-10(12)8-18/h5-7H,3-4,8-9,18H2,1-2H3,(H,19,21). The molecule has 21 heavy (non-hydrogen) atoms. The van der Waals surface area contributed by atoms with Crippen LogP contribution in [0, 0.1) is 0 Å². The smallest absolute Gasteiger partial charge is 0.362 e. The van der Waals surface area contributed by atoms with Crippen LogP contribution in [0.4, 0.5) is 18.9 Å². The van der Waals surface area contributed by atoms with E-state index in [4.69, 9.17) is 5.73 Å². The maximum atomic E-state index is 12.7. The van der Waals surface area contributed by atoms with Crippen molar-refractivity contribution in [2.45, 2.75) is 26.6 Å². The van der Waals surface area contributed by atoms with E-state index in [2.05, 4.69) is 5.32 Å². The van der Waals surface area contributed by atoms with Gasteiger partial charge in [-0.1, -0.05) is 0 Å². The van der Waals surface area contributed by atoms with E-state index >= 15 is 0 Å². The van der Waals surface area contributed by atoms with Gasteiger partial charge in [-0.2, -0.15) is 13.2 Å². The molecule has 0 fully saturated rings. The Balaban J connectivity index is 3.07. The van der Waals surface area contributed by atoms with Crippen molar-refractivity contribution < 1.29 is 18.0 Å². The number of hydrogen-bond donors (Lipinski definition) is 2. The maximum Gasteiger partial charge on any atom is 0.416 e. The number of alkyl halides is 3. The molecule has 0 radical (unpaired) electrons. The third-order valence-corrected chi connectivity index (χ3v) is 3.06. The SMILES string of the molecule is CCNC(=O)CN(CC)c1ccc(C(F)(F)F)cc1CN. The predicted octanol–water partition coefficient (Wildman–Crippen LogP) is 2.13. The summed E-state index contributed by atoms with van der Waals surface area (Å²) in [5, 5.41) is 2.66. The second kappa shape index (κ2) is 7.31. The van der Waals surface area contributed by atoms with Gasteiger partial charge in [0.05, 0.1) is 12.1 Å². The molecule has 0 aliphatic rings. The molecule has 0 unspecified atom stereocenters. The first-order chi connectivity index (χ1) is 9.83. The highest BCUT2D eigenvalue weighted by atomic mass is 19.4. The van der Waals surface area contributed by atoms with Gasteiger partial charge in [-0.3, -0.25) is 4.79 Å². The number of nitrogens with two attached hydrogens (primary N) is 1. The zero-order valence-corrected chi connectivity index (χ0v) is 12.1. The Kier molecular flexibility index (Phi) is 6.02. The molecule has 118 valence electrons. The van der Waals surface area contributed by atoms with Crippen LogP contribution in [0.2, 0.25) is 0 Å². The van der Waals surface area contributed by atoms with Gasteiger partial charge in [0.1, 0.15) is 0 Å². The minimum Gasteiger partial charge on any atom is -0.362 e. The molecule has 0 spiro atoms. The van der Waals surface area contributed by atoms with Gasteiger partial charge in [0.2, 0.25) is 5.91 Å². The number of nitrogens with one attached hydrogen (secondary N) is 1. The second-order valence-corrected chi connectivity index (χ2v) is 4.51. The van der Waals surface area contributed by atoms with Gasteiger partial charge in [0, 0.05) is 25.3 Å². The van der Waals surface area contributed by atoms with Gasteiger partial charge < -0.3 is 16.0 Å². The highest BCUT2D eigenvalue weighted by Gasteiger charge is 2.31. The summed E-state index contributed by atoms with van der Waals surface area (Å²) in [5.41, 5.74) is 5.74. The number of likely N-dealkylation sites (N-methyl/N-ethyl adjacent to an activating group) is 2. The third kappa shape index (κ3) is 4.63. The van der Waals surface area contributed by atoms with Crippen molar-refractivity contribution in [1.29, 1.82) is 0 Å². The summed E-state index contributed by atoms with van der Waals surface area (Å²) >= 11 is 0. The Bertz CT molecular complexity index is 489. The number of amides is 1. The molecule has 0 saturated carbocycles. The summed E-state index contributed by atoms with van der Waals surface area (Å²) in [5.74, 6) is -0.179. The monoisotopic (exact) mass is 303 g/mol. The number of benzene rings is 1. The number of nitrogens with zero attached hydrogens (tertiary/aromatic N) is 1. The van der Waals surface area contributed by atoms with Crippen molar-refractivity contribution in [1.82, 2.24) is 5.32 Å². The molecule has 0 bridgehead atoms. The zero-order chi connectivity index (χ0) is 16.0. The third-order valence-electron chi connectivity index (χ3n) is 3.06. The normalized spacial score (nSPS) is 11.3. The topological polar surface area (TPSA) is 58.4 Å². The number of carbonyl (C=O) groups is 1. The fraction of sp³-hybridized carbons (Fsp3) is 0.500. The number of halogens is 3. The van der Waals surface area contributed by atoms with Gasteiger partial charge in [-0.15, -0.1) is 0 Å². The minimum atomic E-state index is -4.40. The largest absolute Gasteiger partial charge is 0.416 e. The highest BCUT2D eigenvalue weighted by molar-refractivity contribution is 5.81. The van der Waals surface area contributed by atoms with Crippen molar-refractivity contribution in [2.24, 2.45) is 5.73 Å². The molecule has 3 N–H and O–H groups in total. The molecule has 0 saturated heterocycles. The second-order valence-electron chi connectivity index (χ2n) is 4.51. The molecule has 7 heteroatoms. The summed E-state index contributed by atoms with van der Waals surface area (Å²) in [4.78, 5) is 13.3. The van der Waals surface area contributed by atoms with Gasteiger partial charge in [0.15, 0.2) is 0 Å². The predicted molar refractivity (Wildman–Crippen MR) is 75.9 cm³/mol. The van der Waals surface area contributed by atoms with Crippen LogP contribution in [0.1, 0.15) is 25.0 Å². The first kappa shape index (κ1) is 17.3. The number of hydrogen-bond acceptors (Lipinski definition) is 3. The Labute approximate surface area is 122 Å². The lowest BCUT2D eigenvalue weighted by Crippen LogP contribution is -2.37. The molecule has 0 heterocycles. The number of carbonyl (C=O) groups excluding carboxylic acids is 1. The lowest BCUT2D eigenvalue weighted by molar-refractivity contribution is -0.137. The molecule has 0 aromatic heterocycles. The summed E-state index contributed by atoms with van der Waals surface area (Å²) in [7, 11) is 0. The summed E-state index contributed by atoms with van der Waals surface area (Å²) in [6.07, 6.45) is -4.40. The van der Waals surface area contributed by atoms with Crippen molar-refractivity contribution in [3.8, 4) is 0 Å². The van der Waals surface area contributed by atoms with Crippen molar-refractivity contribution >= 4 is 11.6 Å². The molecular weight excluding hydrogens is 283 g/mol. The molecule has 4 nitrogen and oxygen atoms in total. The van der Waals surface area contributed by atoms with Crippen molar-refractivity contribution in [3.05, 3.63) is 29.3 Å². The van der Waals surface area contributed by atoms with E-state index in [-0.39, 0.29) is 19.0 Å². The first-order valence-corrected chi connectivity index (χ1v) is 6.75. The first-order valence-electron chi connectivity index (χ1n) is 6.75. The van der Waals surface area contributed by atoms with Crippen LogP contribution in [-0.2, 0) is 17.5 Å². The molecule has 0 atom stereocenters. The average Bonchev–Trinajstić information content (AvgIpc) is 2.43. The van der Waals surface area contributed by atoms with Crippen LogP contribution in [0.5, 0.6) is 0 Å². The molecule has 1 aromatic rings. The molecule has 0 aliphatic heterocycles. The Morgan fingerprint density at radius 2 is 2.00 bits per heavy atom. The maximum absolute atomic E-state index is 12.7. The Hall–Kier alpha value is -1.76. The highest BCUT2D eigenvalue weighted by Crippen LogP contribution is 2.32. The Morgan fingerprint density at radius 1 is 1.33 bits per heavy atom. The minimum absolute atomic E-state index is 0.0227. The number of anilines is 1. The van der Waals surface area contributed by atoms with E-state index in [9.17, 15) is 18.0 Å². The van der Waals surface area contributed by atoms with Crippen LogP contribution in [0.15, 0.2) is 18.2 Å². The van der Waals surface area contributed by atoms with Gasteiger partial charge in [-0.05, 0) is 37.6 Å². The van der Waals surface area contributed by atoms with Gasteiger partial charge in [0.25, 0.3) is 0 Å². The van der Waals surface area contributed by atoms with Gasteiger partial charge >= 0.3 is 6.18 Å². The lowest BCUT2D eigenvalue weighted by atomic mass is 10.1. The van der Waals surface area contributed by atoms with Crippen LogP contribution in [0.25, 0.3) is 0 Å². The molecular formula is C14H20F3N3O. The zero-order valence-electron chi connectivity index (χ0n) is 12.1. The fourth-order valence-electron chi connectivity index (χ4n) is 2.03. The molecule has 1 amide bonds. The molecule has 1 rings (SSSR count). The van der Waals surface area contributed by atoms with E-state index in [1.807, 2.05) is 6.92 Å². The van der Waals surface area contributed by atoms with E-state index < -0.39 is 11.7 Å². The van der Waals surface area contributed by atoms with Crippen molar-refractivity contribution in [3.63, 3.8) is 0 Å². The Morgan fingerprint density at radius 3 is 2.48 bits per heavy atom. The van der Waals surface area contributed by atoms with Crippen molar-refractivity contribution in [2.75, 3.05) is 24.5 Å². The van der Waals surface area contributed by atoms with Crippen LogP contribution >= 0.6 is 0 Å². The van der Waals surface area contributed by atoms with E-state index in [1.54, 1.807) is 11.8 Å². The number of rotatable bonds is 6. The lowest BCUT2D eigenvalue weighted by Gasteiger charge is -2.25. The van der Waals surface area contributed by atoms with E-state index in [1.165, 1.54) is 6.07 Å². The summed E-state index contributed by atoms with van der Waals surface area (Å²) in [6.45, 7) is 4.70.